The molecule has 0 bridgehead atoms. The van der Waals surface area contributed by atoms with Gasteiger partial charge in [-0.3, -0.25) is 4.57 Å². The summed E-state index contributed by atoms with van der Waals surface area (Å²) in [6.07, 6.45) is -9.58. The molecule has 24 heavy (non-hydrogen) atoms. The minimum absolute atomic E-state index is 0.235. The molecule has 0 radical (unpaired) electrons. The Hall–Kier alpha value is -2.11. The van der Waals surface area contributed by atoms with Crippen molar-refractivity contribution in [1.29, 1.82) is 0 Å². The predicted molar refractivity (Wildman–Crippen MR) is 68.3 cm³/mol. The Labute approximate surface area is 131 Å². The van der Waals surface area contributed by atoms with Crippen LogP contribution in [-0.2, 0) is 35.0 Å². The van der Waals surface area contributed by atoms with E-state index in [1.807, 2.05) is 0 Å². The molecule has 0 amide bonds. The average Bonchev–Trinajstić information content (AvgIpc) is 2.80. The molecule has 0 unspecified atom stereocenters. The lowest BCUT2D eigenvalue weighted by molar-refractivity contribution is -0.147. The first-order valence-corrected chi connectivity index (χ1v) is 7.83. The van der Waals surface area contributed by atoms with Gasteiger partial charge in [-0.2, -0.15) is 26.3 Å². The fraction of sp³-hybridized carbons (Fsp3) is 0.333. The number of hydrogen-bond donors (Lipinski definition) is 0. The quantitative estimate of drug-likeness (QED) is 0.777. The van der Waals surface area contributed by atoms with Gasteiger partial charge in [0.25, 0.3) is 0 Å². The number of sulfone groups is 1. The second-order valence-corrected chi connectivity index (χ2v) is 6.70. The van der Waals surface area contributed by atoms with Gasteiger partial charge in [0.1, 0.15) is 0 Å². The van der Waals surface area contributed by atoms with Crippen LogP contribution in [0.3, 0.4) is 0 Å². The molecule has 1 heterocycles. The number of aromatic nitrogens is 3. The van der Waals surface area contributed by atoms with E-state index >= 15 is 0 Å². The zero-order valence-corrected chi connectivity index (χ0v) is 12.7. The highest BCUT2D eigenvalue weighted by molar-refractivity contribution is 7.90. The molecule has 0 saturated heterocycles. The van der Waals surface area contributed by atoms with Gasteiger partial charge in [0.2, 0.25) is 20.8 Å². The maximum atomic E-state index is 12.6. The van der Waals surface area contributed by atoms with E-state index in [4.69, 9.17) is 0 Å². The molecule has 12 heteroatoms. The van der Waals surface area contributed by atoms with Crippen molar-refractivity contribution in [3.05, 3.63) is 41.2 Å². The molecule has 5 nitrogen and oxygen atoms in total. The summed E-state index contributed by atoms with van der Waals surface area (Å²) >= 11 is 0. The van der Waals surface area contributed by atoms with Crippen molar-refractivity contribution < 1.29 is 34.8 Å². The lowest BCUT2D eigenvalue weighted by Crippen LogP contribution is -2.17. The van der Waals surface area contributed by atoms with Crippen LogP contribution >= 0.6 is 0 Å². The Balaban J connectivity index is 2.39. The van der Waals surface area contributed by atoms with Crippen LogP contribution in [0.1, 0.15) is 17.0 Å². The zero-order chi connectivity index (χ0) is 18.3. The van der Waals surface area contributed by atoms with Gasteiger partial charge in [-0.25, -0.2) is 8.42 Å². The van der Waals surface area contributed by atoms with E-state index in [2.05, 4.69) is 10.2 Å². The first kappa shape index (κ1) is 18.2. The van der Waals surface area contributed by atoms with Crippen LogP contribution < -0.4 is 0 Å². The number of benzene rings is 1. The van der Waals surface area contributed by atoms with Crippen LogP contribution in [0.2, 0.25) is 0 Å². The molecule has 0 atom stereocenters. The Bertz CT molecular complexity index is 854. The topological polar surface area (TPSA) is 64.8 Å². The molecule has 1 aromatic heterocycles. The van der Waals surface area contributed by atoms with Gasteiger partial charge in [-0.1, -0.05) is 18.2 Å². The Morgan fingerprint density at radius 1 is 1.04 bits per heavy atom. The maximum absolute atomic E-state index is 12.6. The second kappa shape index (κ2) is 5.76. The van der Waals surface area contributed by atoms with Crippen molar-refractivity contribution in [2.45, 2.75) is 23.3 Å². The lowest BCUT2D eigenvalue weighted by Gasteiger charge is -2.09. The molecule has 0 saturated carbocycles. The van der Waals surface area contributed by atoms with Gasteiger partial charge < -0.3 is 0 Å². The third kappa shape index (κ3) is 3.68. The van der Waals surface area contributed by atoms with Crippen LogP contribution in [-0.4, -0.2) is 23.2 Å². The molecule has 132 valence electrons. The van der Waals surface area contributed by atoms with E-state index in [1.54, 1.807) is 0 Å². The highest BCUT2D eigenvalue weighted by atomic mass is 32.2. The minimum Gasteiger partial charge on any atom is -0.297 e. The van der Waals surface area contributed by atoms with E-state index in [-0.39, 0.29) is 10.1 Å². The van der Waals surface area contributed by atoms with Crippen LogP contribution in [0.5, 0.6) is 0 Å². The second-order valence-electron chi connectivity index (χ2n) is 4.82. The SMILES string of the molecule is Cn1c(C(F)(F)F)nnc1S(=O)(=O)Cc1cccc(C(F)(F)F)c1. The van der Waals surface area contributed by atoms with Crippen molar-refractivity contribution in [2.75, 3.05) is 0 Å². The summed E-state index contributed by atoms with van der Waals surface area (Å²) in [6, 6.07) is 3.48. The Morgan fingerprint density at radius 2 is 1.67 bits per heavy atom. The highest BCUT2D eigenvalue weighted by Crippen LogP contribution is 2.31. The third-order valence-corrected chi connectivity index (χ3v) is 4.60. The first-order valence-electron chi connectivity index (χ1n) is 6.18. The van der Waals surface area contributed by atoms with Gasteiger partial charge in [0.05, 0.1) is 11.3 Å². The smallest absolute Gasteiger partial charge is 0.297 e. The van der Waals surface area contributed by atoms with Crippen molar-refractivity contribution in [1.82, 2.24) is 14.8 Å². The summed E-state index contributed by atoms with van der Waals surface area (Å²) in [5.74, 6) is -2.47. The molecule has 0 aliphatic rings. The van der Waals surface area contributed by atoms with Crippen LogP contribution in [0.15, 0.2) is 29.4 Å². The van der Waals surface area contributed by atoms with Gasteiger partial charge in [0.15, 0.2) is 0 Å². The maximum Gasteiger partial charge on any atom is 0.451 e. The van der Waals surface area contributed by atoms with Crippen molar-refractivity contribution in [3.63, 3.8) is 0 Å². The zero-order valence-electron chi connectivity index (χ0n) is 11.9. The summed E-state index contributed by atoms with van der Waals surface area (Å²) in [6.45, 7) is 0. The normalized spacial score (nSPS) is 13.3. The molecule has 0 aliphatic carbocycles. The van der Waals surface area contributed by atoms with Crippen molar-refractivity contribution in [2.24, 2.45) is 7.05 Å². The molecular formula is C12H9F6N3O2S. The Morgan fingerprint density at radius 3 is 2.17 bits per heavy atom. The summed E-state index contributed by atoms with van der Waals surface area (Å²) in [7, 11) is -3.62. The van der Waals surface area contributed by atoms with Crippen LogP contribution in [0, 0.1) is 0 Å². The molecule has 2 rings (SSSR count). The predicted octanol–water partition coefficient (Wildman–Crippen LogP) is 2.83. The molecule has 0 N–H and O–H groups in total. The van der Waals surface area contributed by atoms with Crippen molar-refractivity contribution >= 4 is 9.84 Å². The number of rotatable bonds is 3. The van der Waals surface area contributed by atoms with Gasteiger partial charge >= 0.3 is 12.4 Å². The molecule has 0 aliphatic heterocycles. The minimum atomic E-state index is -4.91. The summed E-state index contributed by atoms with van der Waals surface area (Å²) < 4.78 is 100. The summed E-state index contributed by atoms with van der Waals surface area (Å²) in [5, 5.41) is 4.81. The standard InChI is InChI=1S/C12H9F6N3O2S/c1-21-9(12(16,17)18)19-20-10(21)24(22,23)6-7-3-2-4-8(5-7)11(13,14)15/h2-5H,6H2,1H3. The fourth-order valence-corrected chi connectivity index (χ4v) is 3.37. The molecule has 1 aromatic carbocycles. The van der Waals surface area contributed by atoms with Crippen LogP contribution in [0.4, 0.5) is 26.3 Å². The Kier molecular flexibility index (Phi) is 4.37. The number of halogens is 6. The number of alkyl halides is 6. The number of nitrogens with zero attached hydrogens (tertiary/aromatic N) is 3. The van der Waals surface area contributed by atoms with Crippen LogP contribution in [0.25, 0.3) is 0 Å². The van der Waals surface area contributed by atoms with Gasteiger partial charge in [-0.15, -0.1) is 10.2 Å². The van der Waals surface area contributed by atoms with E-state index in [1.165, 1.54) is 0 Å². The number of hydrogen-bond acceptors (Lipinski definition) is 4. The molecule has 0 spiro atoms. The van der Waals surface area contributed by atoms with E-state index in [0.717, 1.165) is 25.2 Å². The summed E-state index contributed by atoms with van der Waals surface area (Å²) in [5.41, 5.74) is -1.30. The fourth-order valence-electron chi connectivity index (χ4n) is 1.95. The third-order valence-electron chi connectivity index (χ3n) is 2.98. The van der Waals surface area contributed by atoms with Crippen molar-refractivity contribution in [3.8, 4) is 0 Å². The molecular weight excluding hydrogens is 364 g/mol. The average molecular weight is 373 g/mol. The van der Waals surface area contributed by atoms with E-state index in [0.29, 0.717) is 6.07 Å². The first-order chi connectivity index (χ1) is 10.8. The molecule has 0 fully saturated rings. The van der Waals surface area contributed by atoms with Gasteiger partial charge in [-0.05, 0) is 11.6 Å². The molecule has 2 aromatic rings. The van der Waals surface area contributed by atoms with Gasteiger partial charge in [0, 0.05) is 7.05 Å². The van der Waals surface area contributed by atoms with E-state index < -0.39 is 44.5 Å². The highest BCUT2D eigenvalue weighted by Gasteiger charge is 2.39. The summed E-state index contributed by atoms with van der Waals surface area (Å²) in [4.78, 5) is 0. The largest absolute Gasteiger partial charge is 0.451 e. The van der Waals surface area contributed by atoms with E-state index in [9.17, 15) is 34.8 Å². The monoisotopic (exact) mass is 373 g/mol. The lowest BCUT2D eigenvalue weighted by atomic mass is 10.1.